The minimum Gasteiger partial charge on any atom is -0.756 e. The van der Waals surface area contributed by atoms with Crippen LogP contribution in [0.4, 0.5) is 8.78 Å². The van der Waals surface area contributed by atoms with E-state index in [0.717, 1.165) is 34.4 Å². The molecule has 1 saturated heterocycles. The predicted octanol–water partition coefficient (Wildman–Crippen LogP) is 3.48. The average Bonchev–Trinajstić information content (AvgIpc) is 3.47. The van der Waals surface area contributed by atoms with Crippen LogP contribution in [0.1, 0.15) is 41.8 Å². The molecule has 1 fully saturated rings. The van der Waals surface area contributed by atoms with Gasteiger partial charge in [-0.2, -0.15) is 13.8 Å². The number of aryl methyl sites for hydroxylation is 2. The number of phosphoric acid groups is 1. The first-order chi connectivity index (χ1) is 21.2. The third kappa shape index (κ3) is 8.05. The number of halogens is 2. The molecular weight excluding hydrogens is 633 g/mol. The van der Waals surface area contributed by atoms with Crippen molar-refractivity contribution in [2.45, 2.75) is 65.3 Å². The van der Waals surface area contributed by atoms with Gasteiger partial charge in [-0.15, -0.1) is 0 Å². The normalized spacial score (nSPS) is 20.2. The van der Waals surface area contributed by atoms with Gasteiger partial charge in [-0.05, 0) is 55.3 Å². The van der Waals surface area contributed by atoms with Crippen LogP contribution in [0, 0.1) is 13.8 Å². The van der Waals surface area contributed by atoms with Gasteiger partial charge in [0, 0.05) is 11.6 Å². The van der Waals surface area contributed by atoms with Gasteiger partial charge in [-0.3, -0.25) is 13.9 Å². The number of aliphatic hydroxyl groups excluding tert-OH is 1. The molecule has 1 unspecified atom stereocenters. The SMILES string of the molecule is C.Cc1cc(C)c2oc(COc3ccc(COC(=O)Cc4ccn([C@@H]5O[C@H](COP(=O)([O-])O)[C@@H](O)C5(F)F)c(=O)n4)cc3)cc2c1. The summed E-state index contributed by atoms with van der Waals surface area (Å²) in [7, 11) is -5.28. The highest BCUT2D eigenvalue weighted by atomic mass is 31.2. The van der Waals surface area contributed by atoms with Gasteiger partial charge in [-0.25, -0.2) is 4.79 Å². The second kappa shape index (κ2) is 13.8. The molecule has 2 aromatic carbocycles. The number of aliphatic hydroxyl groups is 1. The Hall–Kier alpha value is -3.98. The molecule has 3 heterocycles. The number of rotatable bonds is 11. The number of hydrogen-bond acceptors (Lipinski definition) is 11. The second-order valence-electron chi connectivity index (χ2n) is 10.5. The molecule has 13 nitrogen and oxygen atoms in total. The van der Waals surface area contributed by atoms with E-state index in [1.54, 1.807) is 24.3 Å². The summed E-state index contributed by atoms with van der Waals surface area (Å²) in [4.78, 5) is 47.9. The molecule has 0 bridgehead atoms. The van der Waals surface area contributed by atoms with Crippen molar-refractivity contribution in [1.82, 2.24) is 9.55 Å². The van der Waals surface area contributed by atoms with Crippen LogP contribution >= 0.6 is 7.82 Å². The largest absolute Gasteiger partial charge is 0.756 e. The number of carbonyl (C=O) groups excluding carboxylic acids is 1. The highest BCUT2D eigenvalue weighted by Gasteiger charge is 2.59. The van der Waals surface area contributed by atoms with Crippen molar-refractivity contribution in [2.24, 2.45) is 0 Å². The van der Waals surface area contributed by atoms with Crippen LogP contribution in [-0.2, 0) is 43.0 Å². The number of hydrogen-bond donors (Lipinski definition) is 2. The third-order valence-electron chi connectivity index (χ3n) is 6.95. The van der Waals surface area contributed by atoms with E-state index in [9.17, 15) is 32.9 Å². The van der Waals surface area contributed by atoms with Crippen LogP contribution in [0.25, 0.3) is 11.0 Å². The Morgan fingerprint density at radius 3 is 2.54 bits per heavy atom. The molecule has 1 aliphatic rings. The fourth-order valence-electron chi connectivity index (χ4n) is 4.84. The van der Waals surface area contributed by atoms with Gasteiger partial charge in [0.2, 0.25) is 6.23 Å². The first-order valence-electron chi connectivity index (χ1n) is 13.5. The summed E-state index contributed by atoms with van der Waals surface area (Å²) in [6.45, 7) is 3.02. The van der Waals surface area contributed by atoms with E-state index in [4.69, 9.17) is 23.5 Å². The summed E-state index contributed by atoms with van der Waals surface area (Å²) in [5.74, 6) is -3.54. The van der Waals surface area contributed by atoms with Crippen LogP contribution in [0.2, 0.25) is 0 Å². The van der Waals surface area contributed by atoms with E-state index in [-0.39, 0.29) is 26.3 Å². The molecule has 2 aromatic heterocycles. The molecule has 4 aromatic rings. The number of aromatic nitrogens is 2. The predicted molar refractivity (Wildman–Crippen MR) is 156 cm³/mol. The van der Waals surface area contributed by atoms with Crippen molar-refractivity contribution in [3.05, 3.63) is 93.4 Å². The van der Waals surface area contributed by atoms with E-state index in [1.165, 1.54) is 0 Å². The Morgan fingerprint density at radius 2 is 1.87 bits per heavy atom. The lowest BCUT2D eigenvalue weighted by atomic mass is 10.1. The minimum absolute atomic E-state index is 0. The summed E-state index contributed by atoms with van der Waals surface area (Å²) in [6, 6.07) is 14.0. The molecule has 0 radical (unpaired) electrons. The highest BCUT2D eigenvalue weighted by molar-refractivity contribution is 7.44. The van der Waals surface area contributed by atoms with E-state index in [0.29, 0.717) is 21.6 Å². The Bertz CT molecular complexity index is 1800. The number of alkyl halides is 2. The summed E-state index contributed by atoms with van der Waals surface area (Å²) < 4.78 is 66.3. The Kier molecular flexibility index (Phi) is 10.5. The van der Waals surface area contributed by atoms with Gasteiger partial charge in [0.05, 0.1) is 18.7 Å². The van der Waals surface area contributed by atoms with Gasteiger partial charge < -0.3 is 38.0 Å². The molecule has 248 valence electrons. The number of carbonyl (C=O) groups is 1. The average molecular weight is 666 g/mol. The number of esters is 1. The first-order valence-corrected chi connectivity index (χ1v) is 15.0. The summed E-state index contributed by atoms with van der Waals surface area (Å²) >= 11 is 0. The molecule has 5 rings (SSSR count). The van der Waals surface area contributed by atoms with Crippen molar-refractivity contribution in [2.75, 3.05) is 6.61 Å². The van der Waals surface area contributed by atoms with Gasteiger partial charge >= 0.3 is 17.6 Å². The maximum absolute atomic E-state index is 14.6. The van der Waals surface area contributed by atoms with E-state index in [2.05, 4.69) is 9.51 Å². The Morgan fingerprint density at radius 1 is 1.15 bits per heavy atom. The lowest BCUT2D eigenvalue weighted by Gasteiger charge is -2.21. The van der Waals surface area contributed by atoms with Crippen molar-refractivity contribution in [3.8, 4) is 5.75 Å². The van der Waals surface area contributed by atoms with Crippen LogP contribution in [0.5, 0.6) is 5.75 Å². The maximum Gasteiger partial charge on any atom is 0.350 e. The summed E-state index contributed by atoms with van der Waals surface area (Å²) in [5.41, 5.74) is 2.36. The quantitative estimate of drug-likeness (QED) is 0.176. The molecule has 2 N–H and O–H groups in total. The molecule has 4 atom stereocenters. The van der Waals surface area contributed by atoms with Crippen molar-refractivity contribution >= 4 is 24.8 Å². The van der Waals surface area contributed by atoms with E-state index in [1.807, 2.05) is 32.0 Å². The van der Waals surface area contributed by atoms with Gasteiger partial charge in [0.1, 0.15) is 36.4 Å². The van der Waals surface area contributed by atoms with E-state index >= 15 is 0 Å². The lowest BCUT2D eigenvalue weighted by molar-refractivity contribution is -0.223. The van der Waals surface area contributed by atoms with Gasteiger partial charge in [0.25, 0.3) is 7.82 Å². The Balaban J connectivity index is 0.00000480. The number of benzene rings is 2. The zero-order valence-corrected chi connectivity index (χ0v) is 24.8. The standard InChI is InChI=1S/C29H29F2N2O11P.CH4/c1-16-9-17(2)25-19(10-16)11-22(43-25)14-40-21-5-3-18(4-6-21)13-41-24(34)12-20-7-8-33(28(36)32-20)27-29(30,31)26(35)23(44-27)15-42-45(37,38)39;/h3-11,23,26-27,35H,12-15H2,1-2H3,(H2,37,38,39);1H4/p-1/t23-,26-,27-;/m1./s1. The molecule has 1 aliphatic heterocycles. The van der Waals surface area contributed by atoms with Crippen LogP contribution < -0.4 is 15.3 Å². The highest BCUT2D eigenvalue weighted by Crippen LogP contribution is 2.43. The fraction of sp³-hybridized carbons (Fsp3) is 0.367. The molecule has 46 heavy (non-hydrogen) atoms. The molecule has 0 spiro atoms. The number of furan rings is 1. The topological polar surface area (TPSA) is 183 Å². The zero-order chi connectivity index (χ0) is 32.5. The summed E-state index contributed by atoms with van der Waals surface area (Å²) in [5, 5.41) is 10.9. The molecule has 0 saturated carbocycles. The van der Waals surface area contributed by atoms with Crippen LogP contribution in [-0.4, -0.2) is 50.3 Å². The maximum atomic E-state index is 14.6. The van der Waals surface area contributed by atoms with Gasteiger partial charge in [-0.1, -0.05) is 31.2 Å². The van der Waals surface area contributed by atoms with Crippen molar-refractivity contribution in [3.63, 3.8) is 0 Å². The van der Waals surface area contributed by atoms with Gasteiger partial charge in [0.15, 0.2) is 6.10 Å². The van der Waals surface area contributed by atoms with Crippen LogP contribution in [0.15, 0.2) is 63.9 Å². The van der Waals surface area contributed by atoms with Crippen LogP contribution in [0.3, 0.4) is 0 Å². The second-order valence-corrected chi connectivity index (χ2v) is 11.7. The molecule has 0 aliphatic carbocycles. The smallest absolute Gasteiger partial charge is 0.350 e. The Labute approximate surface area is 261 Å². The summed E-state index contributed by atoms with van der Waals surface area (Å²) in [6.07, 6.45) is -6.34. The monoisotopic (exact) mass is 665 g/mol. The van der Waals surface area contributed by atoms with Crippen molar-refractivity contribution in [1.29, 1.82) is 0 Å². The fourth-order valence-corrected chi connectivity index (χ4v) is 5.17. The van der Waals surface area contributed by atoms with Crippen molar-refractivity contribution < 1.29 is 56.2 Å². The molecule has 0 amide bonds. The molecule has 16 heteroatoms. The zero-order valence-electron chi connectivity index (χ0n) is 23.9. The minimum atomic E-state index is -5.28. The number of fused-ring (bicyclic) bond motifs is 1. The third-order valence-corrected chi connectivity index (χ3v) is 7.42. The number of ether oxygens (including phenoxy) is 3. The van der Waals surface area contributed by atoms with E-state index < -0.39 is 56.9 Å². The molecular formula is C30H32F2N2O11P-. The lowest BCUT2D eigenvalue weighted by Crippen LogP contribution is -2.42. The number of nitrogens with zero attached hydrogens (tertiary/aromatic N) is 2. The number of phosphoric ester groups is 1. The first kappa shape index (κ1) is 34.9.